The van der Waals surface area contributed by atoms with E-state index in [0.29, 0.717) is 34.7 Å². The number of phenols is 1. The SMILES string of the molecule is CN=C(NCc1ccc(O)c(F)c1)NCc1ccc(Cl)cc1Cl. The van der Waals surface area contributed by atoms with E-state index < -0.39 is 5.82 Å². The van der Waals surface area contributed by atoms with Crippen molar-refractivity contribution in [3.8, 4) is 5.75 Å². The van der Waals surface area contributed by atoms with Crippen LogP contribution >= 0.6 is 23.2 Å². The van der Waals surface area contributed by atoms with Crippen LogP contribution in [0.5, 0.6) is 5.75 Å². The van der Waals surface area contributed by atoms with Gasteiger partial charge in [0.1, 0.15) is 0 Å². The number of nitrogens with one attached hydrogen (secondary N) is 2. The second kappa shape index (κ2) is 8.04. The molecule has 122 valence electrons. The first kappa shape index (κ1) is 17.4. The molecule has 2 aromatic rings. The molecule has 4 nitrogen and oxygen atoms in total. The number of aliphatic imine (C=N–C) groups is 1. The molecule has 0 amide bonds. The Hall–Kier alpha value is -1.98. The van der Waals surface area contributed by atoms with Crippen LogP contribution in [0.15, 0.2) is 41.4 Å². The molecule has 0 unspecified atom stereocenters. The molecule has 0 fully saturated rings. The van der Waals surface area contributed by atoms with Crippen molar-refractivity contribution < 1.29 is 9.50 Å². The van der Waals surface area contributed by atoms with E-state index in [1.54, 1.807) is 25.2 Å². The zero-order valence-electron chi connectivity index (χ0n) is 12.4. The number of hydrogen-bond donors (Lipinski definition) is 3. The van der Waals surface area contributed by atoms with Gasteiger partial charge in [0, 0.05) is 30.2 Å². The van der Waals surface area contributed by atoms with E-state index in [2.05, 4.69) is 15.6 Å². The highest BCUT2D eigenvalue weighted by atomic mass is 35.5. The molecule has 0 aliphatic heterocycles. The monoisotopic (exact) mass is 355 g/mol. The van der Waals surface area contributed by atoms with Crippen LogP contribution in [-0.4, -0.2) is 18.1 Å². The fourth-order valence-corrected chi connectivity index (χ4v) is 2.39. The molecule has 0 atom stereocenters. The Morgan fingerprint density at radius 1 is 1.13 bits per heavy atom. The van der Waals surface area contributed by atoms with Gasteiger partial charge in [0.15, 0.2) is 17.5 Å². The molecular weight excluding hydrogens is 340 g/mol. The summed E-state index contributed by atoms with van der Waals surface area (Å²) >= 11 is 12.0. The predicted molar refractivity (Wildman–Crippen MR) is 91.6 cm³/mol. The average Bonchev–Trinajstić information content (AvgIpc) is 2.52. The molecule has 0 radical (unpaired) electrons. The Bertz CT molecular complexity index is 722. The summed E-state index contributed by atoms with van der Waals surface area (Å²) in [4.78, 5) is 4.09. The first-order chi connectivity index (χ1) is 11.0. The van der Waals surface area contributed by atoms with E-state index in [1.807, 2.05) is 6.07 Å². The first-order valence-corrected chi connectivity index (χ1v) is 7.61. The molecule has 23 heavy (non-hydrogen) atoms. The fraction of sp³-hybridized carbons (Fsp3) is 0.188. The van der Waals surface area contributed by atoms with Crippen LogP contribution in [0.3, 0.4) is 0 Å². The van der Waals surface area contributed by atoms with Crippen molar-refractivity contribution in [3.63, 3.8) is 0 Å². The molecule has 7 heteroatoms. The third-order valence-electron chi connectivity index (χ3n) is 3.16. The summed E-state index contributed by atoms with van der Waals surface area (Å²) in [5.74, 6) is -0.474. The van der Waals surface area contributed by atoms with E-state index in [1.165, 1.54) is 12.1 Å². The predicted octanol–water partition coefficient (Wildman–Crippen LogP) is 3.70. The van der Waals surface area contributed by atoms with Gasteiger partial charge in [-0.2, -0.15) is 0 Å². The third kappa shape index (κ3) is 5.01. The zero-order chi connectivity index (χ0) is 16.8. The van der Waals surface area contributed by atoms with Crippen molar-refractivity contribution in [1.82, 2.24) is 10.6 Å². The van der Waals surface area contributed by atoms with Crippen LogP contribution < -0.4 is 10.6 Å². The number of nitrogens with zero attached hydrogens (tertiary/aromatic N) is 1. The lowest BCUT2D eigenvalue weighted by Crippen LogP contribution is -2.36. The number of hydrogen-bond acceptors (Lipinski definition) is 2. The van der Waals surface area contributed by atoms with Gasteiger partial charge in [-0.25, -0.2) is 4.39 Å². The lowest BCUT2D eigenvalue weighted by atomic mass is 10.2. The largest absolute Gasteiger partial charge is 0.505 e. The summed E-state index contributed by atoms with van der Waals surface area (Å²) in [7, 11) is 1.64. The van der Waals surface area contributed by atoms with Crippen LogP contribution in [0.25, 0.3) is 0 Å². The lowest BCUT2D eigenvalue weighted by molar-refractivity contribution is 0.431. The van der Waals surface area contributed by atoms with Gasteiger partial charge >= 0.3 is 0 Å². The maximum atomic E-state index is 13.3. The molecule has 0 aliphatic carbocycles. The number of guanidine groups is 1. The zero-order valence-corrected chi connectivity index (χ0v) is 13.9. The summed E-state index contributed by atoms with van der Waals surface area (Å²) in [6.07, 6.45) is 0. The van der Waals surface area contributed by atoms with Crippen LogP contribution in [-0.2, 0) is 13.1 Å². The molecule has 0 spiro atoms. The van der Waals surface area contributed by atoms with E-state index >= 15 is 0 Å². The van der Waals surface area contributed by atoms with Crippen molar-refractivity contribution >= 4 is 29.2 Å². The van der Waals surface area contributed by atoms with E-state index in [4.69, 9.17) is 28.3 Å². The molecule has 0 heterocycles. The number of benzene rings is 2. The smallest absolute Gasteiger partial charge is 0.191 e. The van der Waals surface area contributed by atoms with Crippen LogP contribution in [0.1, 0.15) is 11.1 Å². The summed E-state index contributed by atoms with van der Waals surface area (Å²) < 4.78 is 13.3. The van der Waals surface area contributed by atoms with Gasteiger partial charge in [-0.05, 0) is 35.4 Å². The summed E-state index contributed by atoms with van der Waals surface area (Å²) in [6, 6.07) is 9.49. The first-order valence-electron chi connectivity index (χ1n) is 6.85. The van der Waals surface area contributed by atoms with Crippen LogP contribution in [0, 0.1) is 5.82 Å². The third-order valence-corrected chi connectivity index (χ3v) is 3.74. The van der Waals surface area contributed by atoms with Gasteiger partial charge in [0.2, 0.25) is 0 Å². The quantitative estimate of drug-likeness (QED) is 0.578. The molecule has 3 N–H and O–H groups in total. The minimum atomic E-state index is -0.653. The number of halogens is 3. The highest BCUT2D eigenvalue weighted by Gasteiger charge is 2.05. The van der Waals surface area contributed by atoms with Crippen molar-refractivity contribution in [2.75, 3.05) is 7.05 Å². The van der Waals surface area contributed by atoms with Gasteiger partial charge in [-0.1, -0.05) is 35.3 Å². The van der Waals surface area contributed by atoms with Gasteiger partial charge in [0.05, 0.1) is 0 Å². The molecule has 0 bridgehead atoms. The molecule has 0 aromatic heterocycles. The average molecular weight is 356 g/mol. The molecule has 0 saturated carbocycles. The maximum Gasteiger partial charge on any atom is 0.191 e. The Labute approximate surface area is 144 Å². The Morgan fingerprint density at radius 3 is 2.52 bits per heavy atom. The normalized spacial score (nSPS) is 11.4. The van der Waals surface area contributed by atoms with Crippen molar-refractivity contribution in [2.45, 2.75) is 13.1 Å². The maximum absolute atomic E-state index is 13.3. The van der Waals surface area contributed by atoms with Gasteiger partial charge in [0.25, 0.3) is 0 Å². The van der Waals surface area contributed by atoms with E-state index in [-0.39, 0.29) is 5.75 Å². The molecule has 2 aromatic carbocycles. The van der Waals surface area contributed by atoms with E-state index in [9.17, 15) is 4.39 Å². The molecule has 2 rings (SSSR count). The standard InChI is InChI=1S/C16H16Cl2FN3O/c1-20-16(21-8-10-2-5-15(23)14(19)6-10)22-9-11-3-4-12(17)7-13(11)18/h2-7,23H,8-9H2,1H3,(H2,20,21,22). The minimum Gasteiger partial charge on any atom is -0.505 e. The van der Waals surface area contributed by atoms with Crippen LogP contribution in [0.2, 0.25) is 10.0 Å². The van der Waals surface area contributed by atoms with Crippen LogP contribution in [0.4, 0.5) is 4.39 Å². The Balaban J connectivity index is 1.91. The number of phenolic OH excluding ortho intramolecular Hbond substituents is 1. The summed E-state index contributed by atoms with van der Waals surface area (Å²) in [5.41, 5.74) is 1.57. The Kier molecular flexibility index (Phi) is 6.07. The molecule has 0 saturated heterocycles. The van der Waals surface area contributed by atoms with Gasteiger partial charge in [-0.15, -0.1) is 0 Å². The Morgan fingerprint density at radius 2 is 1.87 bits per heavy atom. The van der Waals surface area contributed by atoms with Crippen molar-refractivity contribution in [1.29, 1.82) is 0 Å². The number of rotatable bonds is 4. The second-order valence-electron chi connectivity index (χ2n) is 4.80. The minimum absolute atomic E-state index is 0.366. The highest BCUT2D eigenvalue weighted by Crippen LogP contribution is 2.20. The molecule has 0 aliphatic rings. The second-order valence-corrected chi connectivity index (χ2v) is 5.64. The topological polar surface area (TPSA) is 56.7 Å². The summed E-state index contributed by atoms with van der Waals surface area (Å²) in [5, 5.41) is 16.5. The fourth-order valence-electron chi connectivity index (χ4n) is 1.91. The highest BCUT2D eigenvalue weighted by molar-refractivity contribution is 6.35. The van der Waals surface area contributed by atoms with Gasteiger partial charge in [-0.3, -0.25) is 4.99 Å². The van der Waals surface area contributed by atoms with Gasteiger partial charge < -0.3 is 15.7 Å². The summed E-state index contributed by atoms with van der Waals surface area (Å²) in [6.45, 7) is 0.838. The van der Waals surface area contributed by atoms with E-state index in [0.717, 1.165) is 5.56 Å². The van der Waals surface area contributed by atoms with Crippen molar-refractivity contribution in [2.24, 2.45) is 4.99 Å². The number of aromatic hydroxyl groups is 1. The molecular formula is C16H16Cl2FN3O. The lowest BCUT2D eigenvalue weighted by Gasteiger charge is -2.13. The van der Waals surface area contributed by atoms with Crippen molar-refractivity contribution in [3.05, 3.63) is 63.4 Å².